The summed E-state index contributed by atoms with van der Waals surface area (Å²) in [5, 5.41) is 0. The molecule has 1 aromatic heterocycles. The van der Waals surface area contributed by atoms with E-state index in [1.54, 1.807) is 0 Å². The molecule has 0 radical (unpaired) electrons. The molecular weight excluding hydrogens is 377 g/mol. The van der Waals surface area contributed by atoms with Gasteiger partial charge in [-0.15, -0.1) is 0 Å². The van der Waals surface area contributed by atoms with Crippen LogP contribution >= 0.6 is 0 Å². The highest BCUT2D eigenvalue weighted by molar-refractivity contribution is 6.86. The first kappa shape index (κ1) is 18.3. The summed E-state index contributed by atoms with van der Waals surface area (Å²) in [7, 11) is 2.16. The number of benzene rings is 3. The average molecular weight is 402 g/mol. The minimum Gasteiger partial charge on any atom is -0.335 e. The zero-order valence-corrected chi connectivity index (χ0v) is 18.4. The van der Waals surface area contributed by atoms with Gasteiger partial charge in [-0.3, -0.25) is 4.81 Å². The third-order valence-electron chi connectivity index (χ3n) is 6.86. The van der Waals surface area contributed by atoms with Crippen LogP contribution in [0.25, 0.3) is 11.1 Å². The summed E-state index contributed by atoms with van der Waals surface area (Å²) < 4.78 is 2.27. The van der Waals surface area contributed by atoms with Crippen molar-refractivity contribution in [2.45, 2.75) is 20.8 Å². The number of nitrogens with zero attached hydrogens (tertiary/aromatic N) is 3. The summed E-state index contributed by atoms with van der Waals surface area (Å²) in [5.74, 6) is 1.21. The van der Waals surface area contributed by atoms with Gasteiger partial charge in [-0.1, -0.05) is 54.6 Å². The number of pyridine rings is 1. The first-order chi connectivity index (χ1) is 15.1. The van der Waals surface area contributed by atoms with Gasteiger partial charge in [0.15, 0.2) is 0 Å². The van der Waals surface area contributed by atoms with Crippen LogP contribution < -0.4 is 19.7 Å². The first-order valence-electron chi connectivity index (χ1n) is 10.9. The zero-order valence-electron chi connectivity index (χ0n) is 18.4. The fourth-order valence-electron chi connectivity index (χ4n) is 5.29. The molecule has 3 aromatic carbocycles. The van der Waals surface area contributed by atoms with Gasteiger partial charge in [0.1, 0.15) is 5.69 Å². The molecule has 2 aliphatic heterocycles. The van der Waals surface area contributed by atoms with Crippen molar-refractivity contribution in [2.75, 3.05) is 9.62 Å². The van der Waals surface area contributed by atoms with Crippen LogP contribution in [0.2, 0.25) is 0 Å². The number of hydrogen-bond acceptors (Lipinski definition) is 2. The lowest BCUT2D eigenvalue weighted by Gasteiger charge is -2.32. The predicted molar refractivity (Wildman–Crippen MR) is 130 cm³/mol. The Kier molecular flexibility index (Phi) is 3.82. The van der Waals surface area contributed by atoms with Gasteiger partial charge in [-0.25, -0.2) is 4.57 Å². The molecule has 3 heterocycles. The van der Waals surface area contributed by atoms with Crippen LogP contribution in [-0.4, -0.2) is 6.98 Å². The van der Waals surface area contributed by atoms with Gasteiger partial charge in [0.25, 0.3) is 5.82 Å². The second-order valence-corrected chi connectivity index (χ2v) is 8.77. The van der Waals surface area contributed by atoms with E-state index in [9.17, 15) is 0 Å². The average Bonchev–Trinajstić information content (AvgIpc) is 3.13. The van der Waals surface area contributed by atoms with E-state index in [1.165, 1.54) is 56.2 Å². The maximum absolute atomic E-state index is 2.53. The lowest BCUT2D eigenvalue weighted by Crippen LogP contribution is -2.57. The van der Waals surface area contributed by atoms with E-state index in [0.717, 1.165) is 0 Å². The molecule has 0 bridgehead atoms. The monoisotopic (exact) mass is 402 g/mol. The number of hydrogen-bond donors (Lipinski definition) is 0. The Hall–Kier alpha value is -3.53. The molecule has 4 heteroatoms. The highest BCUT2D eigenvalue weighted by Gasteiger charge is 2.55. The third kappa shape index (κ3) is 2.45. The maximum atomic E-state index is 2.53. The van der Waals surface area contributed by atoms with E-state index in [1.807, 2.05) is 0 Å². The van der Waals surface area contributed by atoms with Gasteiger partial charge in [0, 0.05) is 22.8 Å². The standard InChI is InChI=1S/C27H25BN3/c1-18-10-9-15-25-27(18)31(26-16-19(2)20(3)17-29(26)4)28-23-13-7-5-11-21(23)22-12-6-8-14-24(22)30(25)28/h5-17H,1-4H3/q+1. The molecule has 3 nitrogen and oxygen atoms in total. The van der Waals surface area contributed by atoms with Gasteiger partial charge in [0.2, 0.25) is 0 Å². The first-order valence-corrected chi connectivity index (χ1v) is 10.9. The van der Waals surface area contributed by atoms with E-state index in [-0.39, 0.29) is 6.98 Å². The van der Waals surface area contributed by atoms with Crippen molar-refractivity contribution in [1.82, 2.24) is 0 Å². The lowest BCUT2D eigenvalue weighted by molar-refractivity contribution is -0.658. The molecule has 0 atom stereocenters. The van der Waals surface area contributed by atoms with Crippen LogP contribution in [0, 0.1) is 20.8 Å². The Morgan fingerprint density at radius 3 is 2.23 bits per heavy atom. The second kappa shape index (κ2) is 6.48. The number of para-hydroxylation sites is 2. The van der Waals surface area contributed by atoms with Gasteiger partial charge in [-0.2, -0.15) is 0 Å². The van der Waals surface area contributed by atoms with Crippen LogP contribution in [0.3, 0.4) is 0 Å². The van der Waals surface area contributed by atoms with Gasteiger partial charge in [0.05, 0.1) is 18.9 Å². The molecule has 4 aromatic rings. The summed E-state index contributed by atoms with van der Waals surface area (Å²) in [6, 6.07) is 26.7. The van der Waals surface area contributed by atoms with Crippen LogP contribution in [-0.2, 0) is 7.05 Å². The molecule has 6 rings (SSSR count). The molecule has 0 fully saturated rings. The number of aryl methyl sites for hydroxylation is 4. The van der Waals surface area contributed by atoms with Crippen molar-refractivity contribution in [1.29, 1.82) is 0 Å². The topological polar surface area (TPSA) is 10.4 Å². The van der Waals surface area contributed by atoms with E-state index < -0.39 is 0 Å². The molecule has 0 N–H and O–H groups in total. The third-order valence-corrected chi connectivity index (χ3v) is 6.86. The fraction of sp³-hybridized carbons (Fsp3) is 0.148. The van der Waals surface area contributed by atoms with E-state index in [2.05, 4.69) is 121 Å². The SMILES string of the molecule is Cc1cc(N2B3c4ccccc4-c4ccccc4N3c3cccc(C)c32)[n+](C)cc1C. The number of fused-ring (bicyclic) bond motifs is 8. The summed E-state index contributed by atoms with van der Waals surface area (Å²) in [4.78, 5) is 5.06. The summed E-state index contributed by atoms with van der Waals surface area (Å²) in [6.07, 6.45) is 2.24. The Morgan fingerprint density at radius 1 is 0.677 bits per heavy atom. The van der Waals surface area contributed by atoms with Gasteiger partial charge in [-0.05, 0) is 55.2 Å². The summed E-state index contributed by atoms with van der Waals surface area (Å²) >= 11 is 0. The predicted octanol–water partition coefficient (Wildman–Crippen LogP) is 5.10. The molecule has 0 unspecified atom stereocenters. The number of anilines is 4. The molecule has 2 aliphatic rings. The molecule has 0 saturated heterocycles. The molecule has 0 spiro atoms. The largest absolute Gasteiger partial charge is 0.543 e. The van der Waals surface area contributed by atoms with Crippen LogP contribution in [0.1, 0.15) is 16.7 Å². The number of aromatic nitrogens is 1. The van der Waals surface area contributed by atoms with Crippen LogP contribution in [0.15, 0.2) is 79.0 Å². The Labute approximate surface area is 184 Å². The van der Waals surface area contributed by atoms with E-state index in [4.69, 9.17) is 0 Å². The highest BCUT2D eigenvalue weighted by Crippen LogP contribution is 2.51. The van der Waals surface area contributed by atoms with Gasteiger partial charge >= 0.3 is 6.98 Å². The summed E-state index contributed by atoms with van der Waals surface area (Å²) in [6.45, 7) is 6.69. The molecule has 0 amide bonds. The second-order valence-electron chi connectivity index (χ2n) is 8.77. The van der Waals surface area contributed by atoms with Crippen LogP contribution in [0.5, 0.6) is 0 Å². The number of rotatable bonds is 1. The molecule has 0 saturated carbocycles. The Morgan fingerprint density at radius 2 is 1.39 bits per heavy atom. The summed E-state index contributed by atoms with van der Waals surface area (Å²) in [5.41, 5.74) is 11.7. The molecular formula is C27H25BN3+. The van der Waals surface area contributed by atoms with Crippen molar-refractivity contribution in [3.8, 4) is 11.1 Å². The smallest absolute Gasteiger partial charge is 0.335 e. The maximum Gasteiger partial charge on any atom is 0.543 e. The fourth-order valence-corrected chi connectivity index (χ4v) is 5.29. The van der Waals surface area contributed by atoms with Crippen molar-refractivity contribution in [3.05, 3.63) is 95.7 Å². The lowest BCUT2D eigenvalue weighted by atomic mass is 9.59. The van der Waals surface area contributed by atoms with Crippen LogP contribution in [0.4, 0.5) is 22.9 Å². The van der Waals surface area contributed by atoms with Crippen molar-refractivity contribution in [2.24, 2.45) is 7.05 Å². The minimum atomic E-state index is 0.0792. The Bertz CT molecular complexity index is 1360. The highest BCUT2D eigenvalue weighted by atomic mass is 15.3. The quantitative estimate of drug-likeness (QED) is 0.324. The molecule has 150 valence electrons. The molecule has 0 aliphatic carbocycles. The van der Waals surface area contributed by atoms with Gasteiger partial charge < -0.3 is 4.81 Å². The molecule has 31 heavy (non-hydrogen) atoms. The van der Waals surface area contributed by atoms with Crippen molar-refractivity contribution in [3.63, 3.8) is 0 Å². The normalized spacial score (nSPS) is 13.6. The zero-order chi connectivity index (χ0) is 21.3. The Balaban J connectivity index is 1.71. The van der Waals surface area contributed by atoms with E-state index in [0.29, 0.717) is 0 Å². The van der Waals surface area contributed by atoms with Crippen molar-refractivity contribution < 1.29 is 4.57 Å². The van der Waals surface area contributed by atoms with E-state index >= 15 is 0 Å². The minimum absolute atomic E-state index is 0.0792. The van der Waals surface area contributed by atoms with Crippen molar-refractivity contribution >= 4 is 35.3 Å².